The summed E-state index contributed by atoms with van der Waals surface area (Å²) in [5, 5.41) is 8.98. The maximum absolute atomic E-state index is 12.0. The molecule has 0 aliphatic rings. The van der Waals surface area contributed by atoms with Gasteiger partial charge >= 0.3 is 5.97 Å². The summed E-state index contributed by atoms with van der Waals surface area (Å²) in [6, 6.07) is 16.2. The van der Waals surface area contributed by atoms with Crippen LogP contribution in [0.25, 0.3) is 0 Å². The maximum atomic E-state index is 12.0. The lowest BCUT2D eigenvalue weighted by molar-refractivity contribution is -0.136. The highest BCUT2D eigenvalue weighted by atomic mass is 16.4. The van der Waals surface area contributed by atoms with E-state index in [-0.39, 0.29) is 12.3 Å². The van der Waals surface area contributed by atoms with Crippen LogP contribution < -0.4 is 4.90 Å². The first kappa shape index (κ1) is 13.8. The number of hydrogen-bond acceptors (Lipinski definition) is 2. The van der Waals surface area contributed by atoms with Crippen LogP contribution >= 0.6 is 0 Å². The minimum absolute atomic E-state index is 0.118. The number of amides is 1. The Hall–Kier alpha value is -2.62. The predicted octanol–water partition coefficient (Wildman–Crippen LogP) is 3.00. The van der Waals surface area contributed by atoms with Gasteiger partial charge in [-0.15, -0.1) is 0 Å². The molecule has 2 aromatic carbocycles. The maximum Gasteiger partial charge on any atom is 0.307 e. The number of nitrogens with zero attached hydrogens (tertiary/aromatic N) is 1. The van der Waals surface area contributed by atoms with Crippen LogP contribution in [0.2, 0.25) is 0 Å². The number of aliphatic carboxylic acids is 1. The van der Waals surface area contributed by atoms with Crippen molar-refractivity contribution in [3.05, 3.63) is 60.2 Å². The second-order valence-electron chi connectivity index (χ2n) is 4.39. The molecule has 0 unspecified atom stereocenters. The number of benzene rings is 2. The molecule has 0 bridgehead atoms. The van der Waals surface area contributed by atoms with E-state index in [1.54, 1.807) is 24.3 Å². The van der Waals surface area contributed by atoms with Crippen molar-refractivity contribution in [1.29, 1.82) is 0 Å². The van der Waals surface area contributed by atoms with Crippen LogP contribution in [-0.4, -0.2) is 17.0 Å². The van der Waals surface area contributed by atoms with Crippen molar-refractivity contribution in [2.24, 2.45) is 0 Å². The van der Waals surface area contributed by atoms with Crippen LogP contribution in [0.3, 0.4) is 0 Å². The number of carbonyl (C=O) groups excluding carboxylic acids is 1. The molecule has 0 saturated carbocycles. The average molecular weight is 269 g/mol. The Bertz CT molecular complexity index is 623. The molecule has 1 N–H and O–H groups in total. The number of carboxylic acid groups (broad SMARTS) is 1. The van der Waals surface area contributed by atoms with E-state index in [0.717, 1.165) is 5.69 Å². The van der Waals surface area contributed by atoms with Crippen LogP contribution in [-0.2, 0) is 16.0 Å². The molecule has 20 heavy (non-hydrogen) atoms. The summed E-state index contributed by atoms with van der Waals surface area (Å²) in [6.45, 7) is 1.46. The summed E-state index contributed by atoms with van der Waals surface area (Å²) in [6.07, 6.45) is -0.118. The summed E-state index contributed by atoms with van der Waals surface area (Å²) >= 11 is 0. The highest BCUT2D eigenvalue weighted by Crippen LogP contribution is 2.29. The van der Waals surface area contributed by atoms with Gasteiger partial charge in [-0.2, -0.15) is 0 Å². The lowest BCUT2D eigenvalue weighted by atomic mass is 10.1. The molecule has 102 valence electrons. The van der Waals surface area contributed by atoms with Gasteiger partial charge in [0.15, 0.2) is 0 Å². The number of para-hydroxylation sites is 2. The molecule has 0 aliphatic heterocycles. The first-order chi connectivity index (χ1) is 9.59. The Labute approximate surface area is 117 Å². The molecule has 0 spiro atoms. The van der Waals surface area contributed by atoms with E-state index in [2.05, 4.69) is 0 Å². The number of carbonyl (C=O) groups is 2. The fraction of sp³-hybridized carbons (Fsp3) is 0.125. The molecule has 1 amide bonds. The smallest absolute Gasteiger partial charge is 0.307 e. The minimum Gasteiger partial charge on any atom is -0.481 e. The molecular weight excluding hydrogens is 254 g/mol. The minimum atomic E-state index is -0.922. The number of anilines is 2. The van der Waals surface area contributed by atoms with Crippen molar-refractivity contribution < 1.29 is 14.7 Å². The monoisotopic (exact) mass is 269 g/mol. The van der Waals surface area contributed by atoms with E-state index in [1.807, 2.05) is 30.3 Å². The van der Waals surface area contributed by atoms with Crippen LogP contribution in [0.4, 0.5) is 11.4 Å². The van der Waals surface area contributed by atoms with Gasteiger partial charge in [0, 0.05) is 12.6 Å². The molecule has 0 saturated heterocycles. The van der Waals surface area contributed by atoms with Crippen molar-refractivity contribution >= 4 is 23.3 Å². The van der Waals surface area contributed by atoms with Gasteiger partial charge in [-0.25, -0.2) is 0 Å². The molecule has 2 rings (SSSR count). The van der Waals surface area contributed by atoms with E-state index >= 15 is 0 Å². The largest absolute Gasteiger partial charge is 0.481 e. The summed E-state index contributed by atoms with van der Waals surface area (Å²) in [4.78, 5) is 24.4. The Balaban J connectivity index is 2.51. The molecule has 4 heteroatoms. The van der Waals surface area contributed by atoms with Crippen LogP contribution in [0.15, 0.2) is 54.6 Å². The first-order valence-electron chi connectivity index (χ1n) is 6.25. The first-order valence-corrected chi connectivity index (χ1v) is 6.25. The average Bonchev–Trinajstić information content (AvgIpc) is 2.41. The van der Waals surface area contributed by atoms with Gasteiger partial charge in [0.2, 0.25) is 5.91 Å². The molecule has 0 radical (unpaired) electrons. The molecule has 0 fully saturated rings. The highest BCUT2D eigenvalue weighted by Gasteiger charge is 2.18. The lowest BCUT2D eigenvalue weighted by Crippen LogP contribution is -2.24. The zero-order valence-corrected chi connectivity index (χ0v) is 11.1. The second kappa shape index (κ2) is 6.02. The van der Waals surface area contributed by atoms with Gasteiger partial charge in [0.25, 0.3) is 0 Å². The van der Waals surface area contributed by atoms with Crippen LogP contribution in [0.5, 0.6) is 0 Å². The van der Waals surface area contributed by atoms with Crippen LogP contribution in [0.1, 0.15) is 12.5 Å². The Morgan fingerprint density at radius 3 is 2.20 bits per heavy atom. The van der Waals surface area contributed by atoms with E-state index in [4.69, 9.17) is 5.11 Å². The molecule has 4 nitrogen and oxygen atoms in total. The third-order valence-corrected chi connectivity index (χ3v) is 2.90. The Kier molecular flexibility index (Phi) is 4.15. The number of rotatable bonds is 4. The third kappa shape index (κ3) is 3.03. The Morgan fingerprint density at radius 2 is 1.60 bits per heavy atom. The van der Waals surface area contributed by atoms with Crippen molar-refractivity contribution in [2.75, 3.05) is 4.90 Å². The van der Waals surface area contributed by atoms with E-state index in [0.29, 0.717) is 11.3 Å². The standard InChI is InChI=1S/C16H15NO3/c1-12(18)17(14-8-3-2-4-9-14)15-10-6-5-7-13(15)11-16(19)20/h2-10H,11H2,1H3,(H,19,20). The van der Waals surface area contributed by atoms with Gasteiger partial charge < -0.3 is 5.11 Å². The zero-order chi connectivity index (χ0) is 14.5. The quantitative estimate of drug-likeness (QED) is 0.928. The number of carboxylic acids is 1. The SMILES string of the molecule is CC(=O)N(c1ccccc1)c1ccccc1CC(=O)O. The topological polar surface area (TPSA) is 57.6 Å². The van der Waals surface area contributed by atoms with E-state index < -0.39 is 5.97 Å². The Morgan fingerprint density at radius 1 is 1.00 bits per heavy atom. The van der Waals surface area contributed by atoms with Crippen molar-refractivity contribution in [3.8, 4) is 0 Å². The molecule has 0 aromatic heterocycles. The second-order valence-corrected chi connectivity index (χ2v) is 4.39. The normalized spacial score (nSPS) is 10.1. The highest BCUT2D eigenvalue weighted by molar-refractivity contribution is 6.00. The fourth-order valence-corrected chi connectivity index (χ4v) is 2.11. The zero-order valence-electron chi connectivity index (χ0n) is 11.1. The molecule has 0 atom stereocenters. The van der Waals surface area contributed by atoms with Gasteiger partial charge in [-0.3, -0.25) is 14.5 Å². The van der Waals surface area contributed by atoms with Gasteiger partial charge in [-0.05, 0) is 23.8 Å². The molecule has 0 heterocycles. The predicted molar refractivity (Wildman–Crippen MR) is 77.0 cm³/mol. The third-order valence-electron chi connectivity index (χ3n) is 2.90. The van der Waals surface area contributed by atoms with E-state index in [1.165, 1.54) is 11.8 Å². The summed E-state index contributed by atoms with van der Waals surface area (Å²) in [5.74, 6) is -1.08. The summed E-state index contributed by atoms with van der Waals surface area (Å²) in [7, 11) is 0. The van der Waals surface area contributed by atoms with Gasteiger partial charge in [0.05, 0.1) is 12.1 Å². The molecular formula is C16H15NO3. The molecule has 2 aromatic rings. The van der Waals surface area contributed by atoms with E-state index in [9.17, 15) is 9.59 Å². The van der Waals surface area contributed by atoms with Gasteiger partial charge in [-0.1, -0.05) is 36.4 Å². The van der Waals surface area contributed by atoms with Gasteiger partial charge in [0.1, 0.15) is 0 Å². The van der Waals surface area contributed by atoms with Crippen molar-refractivity contribution in [2.45, 2.75) is 13.3 Å². The summed E-state index contributed by atoms with van der Waals surface area (Å²) < 4.78 is 0. The van der Waals surface area contributed by atoms with Crippen molar-refractivity contribution in [3.63, 3.8) is 0 Å². The van der Waals surface area contributed by atoms with Crippen LogP contribution in [0, 0.1) is 0 Å². The summed E-state index contributed by atoms with van der Waals surface area (Å²) in [5.41, 5.74) is 1.94. The molecule has 0 aliphatic carbocycles. The number of hydrogen-bond donors (Lipinski definition) is 1. The fourth-order valence-electron chi connectivity index (χ4n) is 2.11. The lowest BCUT2D eigenvalue weighted by Gasteiger charge is -2.23. The van der Waals surface area contributed by atoms with Crippen molar-refractivity contribution in [1.82, 2.24) is 0 Å².